The van der Waals surface area contributed by atoms with E-state index in [4.69, 9.17) is 18.9 Å². The third kappa shape index (κ3) is 7.49. The molecule has 0 unspecified atom stereocenters. The minimum absolute atomic E-state index is 0.000311. The predicted molar refractivity (Wildman–Crippen MR) is 144 cm³/mol. The van der Waals surface area contributed by atoms with Crippen LogP contribution in [0.3, 0.4) is 0 Å². The first-order chi connectivity index (χ1) is 18.7. The second-order valence-corrected chi connectivity index (χ2v) is 12.3. The van der Waals surface area contributed by atoms with E-state index in [1.165, 1.54) is 23.5 Å². The number of carbonyl (C=O) groups excluding carboxylic acids is 1. The summed E-state index contributed by atoms with van der Waals surface area (Å²) >= 11 is 0. The molecule has 0 aromatic heterocycles. The molecule has 2 aliphatic heterocycles. The van der Waals surface area contributed by atoms with Gasteiger partial charge < -0.3 is 29.4 Å². The number of nitrogens with zero attached hydrogens (tertiary/aromatic N) is 1. The van der Waals surface area contributed by atoms with Crippen LogP contribution in [-0.2, 0) is 30.7 Å². The number of benzene rings is 2. The van der Waals surface area contributed by atoms with Gasteiger partial charge in [-0.2, -0.15) is 4.31 Å². The Morgan fingerprint density at radius 1 is 1.10 bits per heavy atom. The highest BCUT2D eigenvalue weighted by Gasteiger charge is 2.44. The van der Waals surface area contributed by atoms with Crippen LogP contribution in [0.2, 0.25) is 0 Å². The Hall–Kier alpha value is -2.70. The summed E-state index contributed by atoms with van der Waals surface area (Å²) in [6.45, 7) is 4.59. The van der Waals surface area contributed by atoms with Gasteiger partial charge in [0.2, 0.25) is 10.0 Å². The number of aliphatic hydroxyl groups excluding tert-OH is 1. The number of hydrogen-bond acceptors (Lipinski definition) is 8. The fraction of sp³-hybridized carbons (Fsp3) is 0.536. The monoisotopic (exact) mass is 562 g/mol. The number of aliphatic hydroxyl groups is 1. The molecular weight excluding hydrogens is 524 g/mol. The minimum Gasteiger partial charge on any atom is -0.497 e. The third-order valence-electron chi connectivity index (χ3n) is 6.97. The molecule has 2 heterocycles. The first-order valence-electron chi connectivity index (χ1n) is 13.2. The molecule has 0 spiro atoms. The zero-order valence-electron chi connectivity index (χ0n) is 22.6. The lowest BCUT2D eigenvalue weighted by Crippen LogP contribution is -2.51. The van der Waals surface area contributed by atoms with Crippen molar-refractivity contribution in [3.63, 3.8) is 0 Å². The van der Waals surface area contributed by atoms with Gasteiger partial charge in [-0.1, -0.05) is 44.2 Å². The summed E-state index contributed by atoms with van der Waals surface area (Å²) in [4.78, 5) is 13.0. The van der Waals surface area contributed by atoms with E-state index in [1.807, 2.05) is 44.2 Å². The molecule has 2 saturated heterocycles. The Labute approximate surface area is 230 Å². The first-order valence-corrected chi connectivity index (χ1v) is 14.7. The molecule has 0 aliphatic carbocycles. The summed E-state index contributed by atoms with van der Waals surface area (Å²) in [5, 5.41) is 14.2. The van der Waals surface area contributed by atoms with Crippen LogP contribution in [0.25, 0.3) is 0 Å². The highest BCUT2D eigenvalue weighted by Crippen LogP contribution is 2.33. The molecule has 2 aromatic carbocycles. The van der Waals surface area contributed by atoms with E-state index in [0.29, 0.717) is 12.4 Å². The molecule has 214 valence electrons. The van der Waals surface area contributed by atoms with E-state index in [-0.39, 0.29) is 49.1 Å². The summed E-state index contributed by atoms with van der Waals surface area (Å²) in [5.41, 5.74) is 0.878. The number of ether oxygens (including phenoxy) is 4. The van der Waals surface area contributed by atoms with Crippen LogP contribution in [-0.4, -0.2) is 81.9 Å². The smallest absolute Gasteiger partial charge is 0.407 e. The van der Waals surface area contributed by atoms with E-state index in [2.05, 4.69) is 5.32 Å². The lowest BCUT2D eigenvalue weighted by Gasteiger charge is -2.31. The van der Waals surface area contributed by atoms with Gasteiger partial charge in [-0.05, 0) is 48.6 Å². The molecule has 1 amide bonds. The van der Waals surface area contributed by atoms with Gasteiger partial charge in [0.25, 0.3) is 0 Å². The molecular formula is C28H38N2O8S. The molecule has 2 aliphatic rings. The summed E-state index contributed by atoms with van der Waals surface area (Å²) in [7, 11) is -2.43. The molecule has 11 heteroatoms. The summed E-state index contributed by atoms with van der Waals surface area (Å²) < 4.78 is 50.3. The number of methoxy groups -OCH3 is 1. The van der Waals surface area contributed by atoms with Gasteiger partial charge >= 0.3 is 6.09 Å². The fourth-order valence-electron chi connectivity index (χ4n) is 4.93. The second-order valence-electron chi connectivity index (χ2n) is 10.4. The van der Waals surface area contributed by atoms with Gasteiger partial charge in [0.1, 0.15) is 11.9 Å². The van der Waals surface area contributed by atoms with Crippen molar-refractivity contribution in [2.75, 3.05) is 33.4 Å². The molecule has 4 rings (SSSR count). The van der Waals surface area contributed by atoms with Crippen molar-refractivity contribution in [1.29, 1.82) is 0 Å². The van der Waals surface area contributed by atoms with Crippen LogP contribution in [0.15, 0.2) is 59.5 Å². The number of sulfonamides is 1. The Balaban J connectivity index is 1.51. The van der Waals surface area contributed by atoms with Gasteiger partial charge in [0, 0.05) is 13.1 Å². The van der Waals surface area contributed by atoms with E-state index < -0.39 is 34.4 Å². The number of hydrogen-bond donors (Lipinski definition) is 2. The van der Waals surface area contributed by atoms with Crippen LogP contribution in [0.4, 0.5) is 4.79 Å². The van der Waals surface area contributed by atoms with Crippen molar-refractivity contribution < 1.29 is 37.3 Å². The van der Waals surface area contributed by atoms with Crippen molar-refractivity contribution in [2.24, 2.45) is 11.8 Å². The van der Waals surface area contributed by atoms with Crippen molar-refractivity contribution >= 4 is 16.1 Å². The normalized spacial score (nSPS) is 22.5. The Morgan fingerprint density at radius 2 is 1.82 bits per heavy atom. The predicted octanol–water partition coefficient (Wildman–Crippen LogP) is 2.80. The van der Waals surface area contributed by atoms with Gasteiger partial charge in [0.05, 0.1) is 43.3 Å². The lowest BCUT2D eigenvalue weighted by atomic mass is 10.0. The van der Waals surface area contributed by atoms with Crippen LogP contribution in [0.5, 0.6) is 5.75 Å². The molecule has 0 saturated carbocycles. The lowest BCUT2D eigenvalue weighted by molar-refractivity contribution is -0.0907. The quantitative estimate of drug-likeness (QED) is 0.405. The molecule has 2 N–H and O–H groups in total. The number of amides is 1. The van der Waals surface area contributed by atoms with Gasteiger partial charge in [0.15, 0.2) is 6.29 Å². The number of alkyl carbamates (subject to hydrolysis) is 1. The van der Waals surface area contributed by atoms with E-state index in [0.717, 1.165) is 12.0 Å². The molecule has 0 bridgehead atoms. The van der Waals surface area contributed by atoms with Gasteiger partial charge in [-0.3, -0.25) is 0 Å². The Kier molecular flexibility index (Phi) is 9.84. The molecule has 39 heavy (non-hydrogen) atoms. The maximum atomic E-state index is 13.6. The summed E-state index contributed by atoms with van der Waals surface area (Å²) in [6.07, 6.45) is -1.69. The SMILES string of the molecule is COc1ccc(S(=O)(=O)N(CC(C)C)C[C@@H](O)[C@H](Cc2ccccc2)NC(=O)O[C@H]2CO[C@@H]3OCC[C@@H]32)cc1. The average Bonchev–Trinajstić information content (AvgIpc) is 3.53. The molecule has 5 atom stereocenters. The maximum Gasteiger partial charge on any atom is 0.407 e. The third-order valence-corrected chi connectivity index (χ3v) is 8.81. The van der Waals surface area contributed by atoms with Crippen LogP contribution >= 0.6 is 0 Å². The zero-order valence-corrected chi connectivity index (χ0v) is 23.4. The number of carbonyl (C=O) groups is 1. The fourth-order valence-corrected chi connectivity index (χ4v) is 6.55. The Bertz CT molecular complexity index is 1180. The molecule has 0 radical (unpaired) electrons. The Morgan fingerprint density at radius 3 is 2.49 bits per heavy atom. The highest BCUT2D eigenvalue weighted by molar-refractivity contribution is 7.89. The van der Waals surface area contributed by atoms with E-state index in [1.54, 1.807) is 12.1 Å². The van der Waals surface area contributed by atoms with Crippen molar-refractivity contribution in [2.45, 2.75) is 56.1 Å². The summed E-state index contributed by atoms with van der Waals surface area (Å²) in [5.74, 6) is 0.516. The number of fused-ring (bicyclic) bond motifs is 1. The van der Waals surface area contributed by atoms with Crippen molar-refractivity contribution in [3.05, 3.63) is 60.2 Å². The molecule has 10 nitrogen and oxygen atoms in total. The topological polar surface area (TPSA) is 124 Å². The van der Waals surface area contributed by atoms with Crippen molar-refractivity contribution in [3.8, 4) is 5.75 Å². The van der Waals surface area contributed by atoms with Gasteiger partial charge in [-0.25, -0.2) is 13.2 Å². The van der Waals surface area contributed by atoms with E-state index in [9.17, 15) is 18.3 Å². The average molecular weight is 563 g/mol. The minimum atomic E-state index is -3.94. The molecule has 2 fully saturated rings. The maximum absolute atomic E-state index is 13.6. The van der Waals surface area contributed by atoms with Crippen LogP contribution < -0.4 is 10.1 Å². The van der Waals surface area contributed by atoms with Gasteiger partial charge in [-0.15, -0.1) is 0 Å². The van der Waals surface area contributed by atoms with Crippen LogP contribution in [0.1, 0.15) is 25.8 Å². The van der Waals surface area contributed by atoms with Crippen molar-refractivity contribution in [1.82, 2.24) is 9.62 Å². The second kappa shape index (κ2) is 13.1. The standard InChI is InChI=1S/C28H38N2O8S/c1-19(2)16-30(39(33,34)22-11-9-21(35-3)10-12-22)17-25(31)24(15-20-7-5-4-6-8-20)29-28(32)38-26-18-37-27-23(26)13-14-36-27/h4-12,19,23-27,31H,13-18H2,1-3H3,(H,29,32)/t23-,24+,25-,26+,27+/m1/s1. The number of nitrogens with one attached hydrogen (secondary N) is 1. The first kappa shape index (κ1) is 29.3. The van der Waals surface area contributed by atoms with Crippen LogP contribution in [0, 0.1) is 11.8 Å². The number of rotatable bonds is 12. The molecule has 2 aromatic rings. The largest absolute Gasteiger partial charge is 0.497 e. The van der Waals surface area contributed by atoms with E-state index >= 15 is 0 Å². The highest BCUT2D eigenvalue weighted by atomic mass is 32.2. The zero-order chi connectivity index (χ0) is 28.0. The summed E-state index contributed by atoms with van der Waals surface area (Å²) in [6, 6.07) is 14.7.